The van der Waals surface area contributed by atoms with Gasteiger partial charge in [0.05, 0.1) is 26.4 Å². The van der Waals surface area contributed by atoms with Gasteiger partial charge in [-0.25, -0.2) is 9.13 Å². The first-order chi connectivity index (χ1) is 41.0. The number of phosphoric ester groups is 2. The summed E-state index contributed by atoms with van der Waals surface area (Å²) in [4.78, 5) is 71.9. The van der Waals surface area contributed by atoms with Crippen LogP contribution in [-0.2, 0) is 65.4 Å². The Morgan fingerprint density at radius 3 is 0.800 bits per heavy atom. The van der Waals surface area contributed by atoms with Crippen LogP contribution in [0.4, 0.5) is 0 Å². The maximum atomic E-state index is 13.0. The summed E-state index contributed by atoms with van der Waals surface area (Å²) in [6.07, 6.45) is 45.1. The van der Waals surface area contributed by atoms with Gasteiger partial charge < -0.3 is 33.8 Å². The lowest BCUT2D eigenvalue weighted by Gasteiger charge is -2.21. The van der Waals surface area contributed by atoms with Crippen LogP contribution >= 0.6 is 15.6 Å². The molecule has 17 nitrogen and oxygen atoms in total. The van der Waals surface area contributed by atoms with Crippen molar-refractivity contribution < 1.29 is 80.2 Å². The van der Waals surface area contributed by atoms with Crippen molar-refractivity contribution in [2.75, 3.05) is 39.6 Å². The number of aliphatic hydroxyl groups excluding tert-OH is 1. The molecular formula is C66H128O17P2. The molecule has 0 saturated carbocycles. The molecule has 0 aliphatic rings. The van der Waals surface area contributed by atoms with Gasteiger partial charge in [0.25, 0.3) is 0 Å². The number of esters is 4. The Balaban J connectivity index is 5.09. The van der Waals surface area contributed by atoms with E-state index in [0.29, 0.717) is 25.7 Å². The number of aliphatic hydroxyl groups is 1. The summed E-state index contributed by atoms with van der Waals surface area (Å²) in [5, 5.41) is 10.5. The third kappa shape index (κ3) is 60.7. The lowest BCUT2D eigenvalue weighted by atomic mass is 10.0. The van der Waals surface area contributed by atoms with Crippen LogP contribution in [0.2, 0.25) is 0 Å². The van der Waals surface area contributed by atoms with Crippen LogP contribution in [0.5, 0.6) is 0 Å². The molecule has 2 unspecified atom stereocenters. The summed E-state index contributed by atoms with van der Waals surface area (Å²) < 4.78 is 67.8. The molecule has 0 fully saturated rings. The second-order valence-electron chi connectivity index (χ2n) is 24.3. The van der Waals surface area contributed by atoms with Crippen LogP contribution in [0.15, 0.2) is 0 Å². The standard InChI is InChI=1S/C66H128O17P2/c1-6-9-12-15-17-18-19-20-21-22-23-24-25-26-27-28-33-37-42-47-52-66(71)83-62(56-77-64(69)50-45-40-36-32-30-29-31-35-39-43-48-59(4)5)58-81-85(74,75)79-54-60(67)53-78-84(72,73)80-57-61(55-76-63(68)49-44-38-14-11-8-3)82-65(70)51-46-41-34-16-13-10-7-2/h59-62,67H,6-58H2,1-5H3,(H,72,73)(H,74,75)/t60-,61+,62+/m0/s1. The first kappa shape index (κ1) is 83.1. The van der Waals surface area contributed by atoms with Crippen LogP contribution in [0, 0.1) is 5.92 Å². The zero-order chi connectivity index (χ0) is 62.8. The van der Waals surface area contributed by atoms with Gasteiger partial charge in [0.15, 0.2) is 12.2 Å². The molecule has 0 aromatic rings. The van der Waals surface area contributed by atoms with Gasteiger partial charge in [-0.3, -0.25) is 37.3 Å². The van der Waals surface area contributed by atoms with Crippen molar-refractivity contribution in [3.8, 4) is 0 Å². The van der Waals surface area contributed by atoms with E-state index in [2.05, 4.69) is 34.6 Å². The van der Waals surface area contributed by atoms with Gasteiger partial charge in [-0.05, 0) is 31.6 Å². The van der Waals surface area contributed by atoms with Gasteiger partial charge in [-0.2, -0.15) is 0 Å². The van der Waals surface area contributed by atoms with Gasteiger partial charge in [0, 0.05) is 25.7 Å². The van der Waals surface area contributed by atoms with Crippen molar-refractivity contribution in [3.05, 3.63) is 0 Å². The molecule has 0 radical (unpaired) electrons. The quantitative estimate of drug-likeness (QED) is 0.0222. The fourth-order valence-corrected chi connectivity index (χ4v) is 11.5. The average Bonchev–Trinajstić information content (AvgIpc) is 3.55. The maximum Gasteiger partial charge on any atom is 0.472 e. The zero-order valence-corrected chi connectivity index (χ0v) is 56.5. The molecule has 0 rings (SSSR count). The number of phosphoric acid groups is 2. The summed E-state index contributed by atoms with van der Waals surface area (Å²) in [7, 11) is -9.87. The zero-order valence-electron chi connectivity index (χ0n) is 54.7. The third-order valence-electron chi connectivity index (χ3n) is 15.3. The third-order valence-corrected chi connectivity index (χ3v) is 17.2. The molecule has 85 heavy (non-hydrogen) atoms. The largest absolute Gasteiger partial charge is 0.472 e. The average molecular weight is 1260 g/mol. The summed E-state index contributed by atoms with van der Waals surface area (Å²) in [6.45, 7) is 7.07. The van der Waals surface area contributed by atoms with Crippen molar-refractivity contribution in [3.63, 3.8) is 0 Å². The lowest BCUT2D eigenvalue weighted by molar-refractivity contribution is -0.161. The number of hydrogen-bond donors (Lipinski definition) is 3. The highest BCUT2D eigenvalue weighted by atomic mass is 31.2. The van der Waals surface area contributed by atoms with Crippen molar-refractivity contribution in [1.82, 2.24) is 0 Å². The number of carbonyl (C=O) groups is 4. The molecule has 0 aliphatic carbocycles. The van der Waals surface area contributed by atoms with Gasteiger partial charge in [-0.15, -0.1) is 0 Å². The number of ether oxygens (including phenoxy) is 4. The molecule has 0 amide bonds. The number of hydrogen-bond acceptors (Lipinski definition) is 15. The molecule has 0 heterocycles. The Bertz CT molecular complexity index is 1650. The molecule has 3 N–H and O–H groups in total. The first-order valence-corrected chi connectivity index (χ1v) is 37.6. The highest BCUT2D eigenvalue weighted by Gasteiger charge is 2.30. The fourth-order valence-electron chi connectivity index (χ4n) is 9.94. The molecule has 0 aromatic heterocycles. The molecule has 504 valence electrons. The molecular weight excluding hydrogens is 1130 g/mol. The Labute approximate surface area is 517 Å². The predicted molar refractivity (Wildman–Crippen MR) is 340 cm³/mol. The fraction of sp³-hybridized carbons (Fsp3) is 0.939. The van der Waals surface area contributed by atoms with E-state index in [4.69, 9.17) is 37.0 Å². The molecule has 0 saturated heterocycles. The number of rotatable bonds is 66. The van der Waals surface area contributed by atoms with E-state index in [1.807, 2.05) is 0 Å². The molecule has 0 spiro atoms. The predicted octanol–water partition coefficient (Wildman–Crippen LogP) is 18.6. The van der Waals surface area contributed by atoms with Crippen molar-refractivity contribution >= 4 is 39.5 Å². The van der Waals surface area contributed by atoms with Crippen LogP contribution < -0.4 is 0 Å². The van der Waals surface area contributed by atoms with Gasteiger partial charge in [0.1, 0.15) is 19.3 Å². The minimum Gasteiger partial charge on any atom is -0.462 e. The van der Waals surface area contributed by atoms with E-state index in [1.165, 1.54) is 141 Å². The number of carbonyl (C=O) groups excluding carboxylic acids is 4. The summed E-state index contributed by atoms with van der Waals surface area (Å²) in [5.41, 5.74) is 0. The number of unbranched alkanes of at least 4 members (excludes halogenated alkanes) is 38. The van der Waals surface area contributed by atoms with E-state index in [-0.39, 0.29) is 25.7 Å². The lowest BCUT2D eigenvalue weighted by Crippen LogP contribution is -2.30. The Morgan fingerprint density at radius 2 is 0.541 bits per heavy atom. The van der Waals surface area contributed by atoms with Crippen LogP contribution in [0.3, 0.4) is 0 Å². The van der Waals surface area contributed by atoms with Crippen LogP contribution in [-0.4, -0.2) is 96.7 Å². The minimum atomic E-state index is -4.94. The normalized spacial score (nSPS) is 14.2. The minimum absolute atomic E-state index is 0.103. The maximum absolute atomic E-state index is 13.0. The van der Waals surface area contributed by atoms with Gasteiger partial charge >= 0.3 is 39.5 Å². The smallest absolute Gasteiger partial charge is 0.462 e. The van der Waals surface area contributed by atoms with E-state index >= 15 is 0 Å². The first-order valence-electron chi connectivity index (χ1n) is 34.6. The van der Waals surface area contributed by atoms with E-state index in [0.717, 1.165) is 115 Å². The highest BCUT2D eigenvalue weighted by molar-refractivity contribution is 7.47. The second kappa shape index (κ2) is 59.7. The van der Waals surface area contributed by atoms with E-state index < -0.39 is 97.5 Å². The Morgan fingerprint density at radius 1 is 0.318 bits per heavy atom. The van der Waals surface area contributed by atoms with Crippen LogP contribution in [0.25, 0.3) is 0 Å². The van der Waals surface area contributed by atoms with Crippen LogP contribution in [0.1, 0.15) is 336 Å². The topological polar surface area (TPSA) is 237 Å². The Hall–Kier alpha value is -1.94. The Kier molecular flexibility index (Phi) is 58.3. The summed E-state index contributed by atoms with van der Waals surface area (Å²) >= 11 is 0. The molecule has 19 heteroatoms. The van der Waals surface area contributed by atoms with Crippen molar-refractivity contribution in [2.24, 2.45) is 5.92 Å². The van der Waals surface area contributed by atoms with Crippen molar-refractivity contribution in [2.45, 2.75) is 355 Å². The van der Waals surface area contributed by atoms with Crippen molar-refractivity contribution in [1.29, 1.82) is 0 Å². The molecule has 0 bridgehead atoms. The summed E-state index contributed by atoms with van der Waals surface area (Å²) in [5.74, 6) is -1.39. The van der Waals surface area contributed by atoms with Gasteiger partial charge in [0.2, 0.25) is 0 Å². The van der Waals surface area contributed by atoms with E-state index in [1.54, 1.807) is 0 Å². The summed E-state index contributed by atoms with van der Waals surface area (Å²) in [6, 6.07) is 0. The molecule has 5 atom stereocenters. The highest BCUT2D eigenvalue weighted by Crippen LogP contribution is 2.45. The SMILES string of the molecule is CCCCCCCCCCCCCCCCCCCCCCC(=O)O[C@H](COC(=O)CCCCCCCCCCCCC(C)C)COP(=O)(O)OC[C@@H](O)COP(=O)(O)OC[C@@H](COC(=O)CCCCCCC)OC(=O)CCCCCCCCC. The molecule has 0 aromatic carbocycles. The second-order valence-corrected chi connectivity index (χ2v) is 27.2. The monoisotopic (exact) mass is 1250 g/mol. The van der Waals surface area contributed by atoms with E-state index in [9.17, 15) is 43.2 Å². The molecule has 0 aliphatic heterocycles. The van der Waals surface area contributed by atoms with Gasteiger partial charge in [-0.1, -0.05) is 285 Å².